The highest BCUT2D eigenvalue weighted by molar-refractivity contribution is 5.88. The van der Waals surface area contributed by atoms with Crippen molar-refractivity contribution >= 4 is 5.97 Å². The van der Waals surface area contributed by atoms with Gasteiger partial charge < -0.3 is 5.11 Å². The normalized spacial score (nSPS) is 14.1. The first-order valence-corrected chi connectivity index (χ1v) is 7.03. The molecule has 2 aromatic rings. The molecule has 0 amide bonds. The number of aryl methyl sites for hydroxylation is 2. The Morgan fingerprint density at radius 2 is 2.05 bits per heavy atom. The van der Waals surface area contributed by atoms with Gasteiger partial charge in [-0.3, -0.25) is 4.68 Å². The SMILES string of the molecule is Cc1ccccc1Cn1nc2c(c1C(=O)O)CCCC2. The number of rotatable bonds is 3. The number of nitrogens with zero attached hydrogens (tertiary/aromatic N) is 2. The van der Waals surface area contributed by atoms with Gasteiger partial charge in [0.05, 0.1) is 12.2 Å². The minimum atomic E-state index is -0.866. The minimum absolute atomic E-state index is 0.378. The molecule has 0 fully saturated rings. The van der Waals surface area contributed by atoms with Crippen LogP contribution in [0.3, 0.4) is 0 Å². The summed E-state index contributed by atoms with van der Waals surface area (Å²) in [7, 11) is 0. The van der Waals surface area contributed by atoms with Crippen molar-refractivity contribution in [1.82, 2.24) is 9.78 Å². The molecule has 4 nitrogen and oxygen atoms in total. The van der Waals surface area contributed by atoms with Crippen LogP contribution < -0.4 is 0 Å². The van der Waals surface area contributed by atoms with E-state index in [4.69, 9.17) is 0 Å². The molecule has 1 aromatic carbocycles. The van der Waals surface area contributed by atoms with Crippen LogP contribution in [0, 0.1) is 6.92 Å². The van der Waals surface area contributed by atoms with Crippen LogP contribution in [0.15, 0.2) is 24.3 Å². The van der Waals surface area contributed by atoms with Gasteiger partial charge in [0.2, 0.25) is 0 Å². The fourth-order valence-corrected chi connectivity index (χ4v) is 2.91. The van der Waals surface area contributed by atoms with E-state index in [0.29, 0.717) is 12.2 Å². The minimum Gasteiger partial charge on any atom is -0.477 e. The molecule has 0 aliphatic heterocycles. The van der Waals surface area contributed by atoms with Gasteiger partial charge in [-0.2, -0.15) is 5.10 Å². The molecule has 0 spiro atoms. The van der Waals surface area contributed by atoms with E-state index in [0.717, 1.165) is 48.1 Å². The smallest absolute Gasteiger partial charge is 0.354 e. The van der Waals surface area contributed by atoms with Gasteiger partial charge in [0, 0.05) is 5.56 Å². The Labute approximate surface area is 118 Å². The first kappa shape index (κ1) is 12.9. The maximum atomic E-state index is 11.6. The van der Waals surface area contributed by atoms with E-state index in [9.17, 15) is 9.90 Å². The maximum absolute atomic E-state index is 11.6. The van der Waals surface area contributed by atoms with Crippen LogP contribution in [-0.4, -0.2) is 20.9 Å². The van der Waals surface area contributed by atoms with Crippen molar-refractivity contribution in [2.45, 2.75) is 39.2 Å². The fraction of sp³-hybridized carbons (Fsp3) is 0.375. The van der Waals surface area contributed by atoms with Gasteiger partial charge in [-0.05, 0) is 43.7 Å². The Balaban J connectivity index is 2.03. The number of hydrogen-bond acceptors (Lipinski definition) is 2. The van der Waals surface area contributed by atoms with Gasteiger partial charge in [0.1, 0.15) is 5.69 Å². The Morgan fingerprint density at radius 3 is 2.80 bits per heavy atom. The molecule has 0 saturated carbocycles. The third-order valence-electron chi connectivity index (χ3n) is 4.01. The molecule has 0 atom stereocenters. The van der Waals surface area contributed by atoms with Crippen molar-refractivity contribution < 1.29 is 9.90 Å². The number of aromatic nitrogens is 2. The quantitative estimate of drug-likeness (QED) is 0.933. The largest absolute Gasteiger partial charge is 0.477 e. The van der Waals surface area contributed by atoms with Crippen LogP contribution in [0.25, 0.3) is 0 Å². The van der Waals surface area contributed by atoms with Crippen molar-refractivity contribution in [3.8, 4) is 0 Å². The number of hydrogen-bond donors (Lipinski definition) is 1. The Kier molecular flexibility index (Phi) is 3.30. The second-order valence-corrected chi connectivity index (χ2v) is 5.37. The number of carbonyl (C=O) groups is 1. The predicted octanol–water partition coefficient (Wildman–Crippen LogP) is 2.82. The second-order valence-electron chi connectivity index (χ2n) is 5.37. The Morgan fingerprint density at radius 1 is 1.30 bits per heavy atom. The lowest BCUT2D eigenvalue weighted by molar-refractivity contribution is 0.0682. The first-order valence-electron chi connectivity index (χ1n) is 7.03. The van der Waals surface area contributed by atoms with E-state index < -0.39 is 5.97 Å². The standard InChI is InChI=1S/C16H18N2O2/c1-11-6-2-3-7-12(11)10-18-15(16(19)20)13-8-4-5-9-14(13)17-18/h2-3,6-7H,4-5,8-10H2,1H3,(H,19,20). The van der Waals surface area contributed by atoms with Crippen molar-refractivity contribution in [3.63, 3.8) is 0 Å². The zero-order chi connectivity index (χ0) is 14.1. The molecule has 0 saturated heterocycles. The van der Waals surface area contributed by atoms with E-state index >= 15 is 0 Å². The molecule has 4 heteroatoms. The predicted molar refractivity (Wildman–Crippen MR) is 76.1 cm³/mol. The molecule has 104 valence electrons. The summed E-state index contributed by atoms with van der Waals surface area (Å²) in [5.74, 6) is -0.866. The van der Waals surface area contributed by atoms with Crippen molar-refractivity contribution in [2.24, 2.45) is 0 Å². The Bertz CT molecular complexity index is 658. The third-order valence-corrected chi connectivity index (χ3v) is 4.01. The molecule has 1 heterocycles. The summed E-state index contributed by atoms with van der Waals surface area (Å²) in [6, 6.07) is 8.04. The van der Waals surface area contributed by atoms with Crippen LogP contribution in [0.5, 0.6) is 0 Å². The highest BCUT2D eigenvalue weighted by atomic mass is 16.4. The van der Waals surface area contributed by atoms with Crippen LogP contribution in [-0.2, 0) is 19.4 Å². The molecule has 3 rings (SSSR count). The number of fused-ring (bicyclic) bond motifs is 1. The lowest BCUT2D eigenvalue weighted by Crippen LogP contribution is -2.13. The highest BCUT2D eigenvalue weighted by Crippen LogP contribution is 2.25. The average Bonchev–Trinajstić information content (AvgIpc) is 2.79. The topological polar surface area (TPSA) is 55.1 Å². The second kappa shape index (κ2) is 5.12. The van der Waals surface area contributed by atoms with Crippen LogP contribution in [0.1, 0.15) is 45.7 Å². The Hall–Kier alpha value is -2.10. The number of benzene rings is 1. The molecule has 1 aliphatic rings. The first-order chi connectivity index (χ1) is 9.66. The lowest BCUT2D eigenvalue weighted by Gasteiger charge is -2.09. The van der Waals surface area contributed by atoms with E-state index in [1.54, 1.807) is 4.68 Å². The summed E-state index contributed by atoms with van der Waals surface area (Å²) in [5.41, 5.74) is 4.58. The third kappa shape index (κ3) is 2.22. The lowest BCUT2D eigenvalue weighted by atomic mass is 9.96. The monoisotopic (exact) mass is 270 g/mol. The maximum Gasteiger partial charge on any atom is 0.354 e. The van der Waals surface area contributed by atoms with Crippen molar-refractivity contribution in [2.75, 3.05) is 0 Å². The van der Waals surface area contributed by atoms with Gasteiger partial charge in [0.25, 0.3) is 0 Å². The number of carboxylic acid groups (broad SMARTS) is 1. The van der Waals surface area contributed by atoms with Gasteiger partial charge in [0.15, 0.2) is 0 Å². The highest BCUT2D eigenvalue weighted by Gasteiger charge is 2.24. The summed E-state index contributed by atoms with van der Waals surface area (Å²) >= 11 is 0. The summed E-state index contributed by atoms with van der Waals surface area (Å²) in [4.78, 5) is 11.6. The number of aromatic carboxylic acids is 1. The number of carboxylic acids is 1. The van der Waals surface area contributed by atoms with Gasteiger partial charge in [-0.25, -0.2) is 4.79 Å². The van der Waals surface area contributed by atoms with E-state index in [2.05, 4.69) is 5.10 Å². The van der Waals surface area contributed by atoms with E-state index in [1.807, 2.05) is 31.2 Å². The molecule has 0 unspecified atom stereocenters. The molecule has 1 aromatic heterocycles. The van der Waals surface area contributed by atoms with Gasteiger partial charge in [-0.15, -0.1) is 0 Å². The van der Waals surface area contributed by atoms with E-state index in [1.165, 1.54) is 0 Å². The molecular weight excluding hydrogens is 252 g/mol. The average molecular weight is 270 g/mol. The molecular formula is C16H18N2O2. The summed E-state index contributed by atoms with van der Waals surface area (Å²) < 4.78 is 1.67. The zero-order valence-corrected chi connectivity index (χ0v) is 11.6. The van der Waals surface area contributed by atoms with Crippen molar-refractivity contribution in [1.29, 1.82) is 0 Å². The fourth-order valence-electron chi connectivity index (χ4n) is 2.91. The summed E-state index contributed by atoms with van der Waals surface area (Å²) in [5, 5.41) is 14.0. The molecule has 1 N–H and O–H groups in total. The van der Waals surface area contributed by atoms with E-state index in [-0.39, 0.29) is 0 Å². The molecule has 1 aliphatic carbocycles. The van der Waals surface area contributed by atoms with Crippen LogP contribution >= 0.6 is 0 Å². The van der Waals surface area contributed by atoms with Crippen molar-refractivity contribution in [3.05, 3.63) is 52.3 Å². The molecule has 0 bridgehead atoms. The molecule has 0 radical (unpaired) electrons. The van der Waals surface area contributed by atoms with Gasteiger partial charge >= 0.3 is 5.97 Å². The summed E-state index contributed by atoms with van der Waals surface area (Å²) in [6.45, 7) is 2.57. The summed E-state index contributed by atoms with van der Waals surface area (Å²) in [6.07, 6.45) is 3.90. The van der Waals surface area contributed by atoms with Crippen LogP contribution in [0.4, 0.5) is 0 Å². The van der Waals surface area contributed by atoms with Gasteiger partial charge in [-0.1, -0.05) is 24.3 Å². The van der Waals surface area contributed by atoms with Crippen LogP contribution in [0.2, 0.25) is 0 Å². The zero-order valence-electron chi connectivity index (χ0n) is 11.6. The molecule has 20 heavy (non-hydrogen) atoms.